The standard InChI is InChI=1S/C7H13N3O2S/c1-9-6-8-10(7(9)11)2-3-12-4-5-13/h6,13H,2-5H2,1H3. The van der Waals surface area contributed by atoms with Crippen LogP contribution in [0.5, 0.6) is 0 Å². The molecular formula is C7H13N3O2S. The topological polar surface area (TPSA) is 49.0 Å². The van der Waals surface area contributed by atoms with Gasteiger partial charge in [0.15, 0.2) is 0 Å². The van der Waals surface area contributed by atoms with Crippen LogP contribution in [-0.4, -0.2) is 33.3 Å². The molecule has 1 heterocycles. The van der Waals surface area contributed by atoms with Gasteiger partial charge < -0.3 is 4.74 Å². The van der Waals surface area contributed by atoms with Crippen LogP contribution >= 0.6 is 12.6 Å². The fourth-order valence-electron chi connectivity index (χ4n) is 0.892. The van der Waals surface area contributed by atoms with Crippen LogP contribution in [0.2, 0.25) is 0 Å². The Labute approximate surface area is 81.7 Å². The molecule has 0 aromatic carbocycles. The normalized spacial score (nSPS) is 10.6. The molecule has 0 aliphatic rings. The molecule has 0 N–H and O–H groups in total. The molecule has 0 unspecified atom stereocenters. The third-order valence-electron chi connectivity index (χ3n) is 1.57. The van der Waals surface area contributed by atoms with E-state index in [0.717, 1.165) is 0 Å². The first-order chi connectivity index (χ1) is 6.25. The van der Waals surface area contributed by atoms with E-state index < -0.39 is 0 Å². The summed E-state index contributed by atoms with van der Waals surface area (Å²) in [5.41, 5.74) is -0.116. The summed E-state index contributed by atoms with van der Waals surface area (Å²) in [5.74, 6) is 0.692. The maximum atomic E-state index is 11.2. The number of hydrogen-bond donors (Lipinski definition) is 1. The van der Waals surface area contributed by atoms with Crippen molar-refractivity contribution < 1.29 is 4.74 Å². The summed E-state index contributed by atoms with van der Waals surface area (Å²) in [6.07, 6.45) is 1.49. The fourth-order valence-corrected chi connectivity index (χ4v) is 1.02. The summed E-state index contributed by atoms with van der Waals surface area (Å²) in [6.45, 7) is 1.59. The minimum absolute atomic E-state index is 0.116. The van der Waals surface area contributed by atoms with Crippen molar-refractivity contribution in [2.45, 2.75) is 6.54 Å². The van der Waals surface area contributed by atoms with Gasteiger partial charge in [0, 0.05) is 12.8 Å². The number of nitrogens with zero attached hydrogens (tertiary/aromatic N) is 3. The second-order valence-electron chi connectivity index (χ2n) is 2.58. The molecule has 0 fully saturated rings. The van der Waals surface area contributed by atoms with Crippen LogP contribution in [0.25, 0.3) is 0 Å². The minimum atomic E-state index is -0.116. The Hall–Kier alpha value is -0.750. The molecule has 5 nitrogen and oxygen atoms in total. The van der Waals surface area contributed by atoms with Crippen LogP contribution < -0.4 is 5.69 Å². The van der Waals surface area contributed by atoms with E-state index in [4.69, 9.17) is 4.74 Å². The van der Waals surface area contributed by atoms with Gasteiger partial charge in [-0.15, -0.1) is 0 Å². The van der Waals surface area contributed by atoms with E-state index >= 15 is 0 Å². The van der Waals surface area contributed by atoms with Crippen LogP contribution in [-0.2, 0) is 18.3 Å². The molecule has 1 aromatic rings. The monoisotopic (exact) mass is 203 g/mol. The highest BCUT2D eigenvalue weighted by Crippen LogP contribution is 1.81. The lowest BCUT2D eigenvalue weighted by Crippen LogP contribution is -2.25. The molecular weight excluding hydrogens is 190 g/mol. The predicted octanol–water partition coefficient (Wildman–Crippen LogP) is -0.472. The van der Waals surface area contributed by atoms with Gasteiger partial charge in [0.05, 0.1) is 19.8 Å². The molecule has 0 atom stereocenters. The summed E-state index contributed by atoms with van der Waals surface area (Å²) in [7, 11) is 1.67. The molecule has 0 bridgehead atoms. The molecule has 1 aromatic heterocycles. The van der Waals surface area contributed by atoms with E-state index in [1.165, 1.54) is 15.6 Å². The highest BCUT2D eigenvalue weighted by molar-refractivity contribution is 7.80. The average molecular weight is 203 g/mol. The third-order valence-corrected chi connectivity index (χ3v) is 1.75. The van der Waals surface area contributed by atoms with Gasteiger partial charge >= 0.3 is 5.69 Å². The third kappa shape index (κ3) is 2.89. The smallest absolute Gasteiger partial charge is 0.345 e. The summed E-state index contributed by atoms with van der Waals surface area (Å²) in [5, 5.41) is 3.88. The largest absolute Gasteiger partial charge is 0.379 e. The lowest BCUT2D eigenvalue weighted by atomic mass is 10.7. The van der Waals surface area contributed by atoms with Crippen LogP contribution in [0, 0.1) is 0 Å². The molecule has 0 saturated carbocycles. The molecule has 0 aliphatic carbocycles. The molecule has 6 heteroatoms. The van der Waals surface area contributed by atoms with Gasteiger partial charge in [-0.3, -0.25) is 4.57 Å². The Bertz CT molecular complexity index is 307. The van der Waals surface area contributed by atoms with Gasteiger partial charge in [0.1, 0.15) is 6.33 Å². The first-order valence-corrected chi connectivity index (χ1v) is 4.66. The van der Waals surface area contributed by atoms with Gasteiger partial charge in [0.2, 0.25) is 0 Å². The summed E-state index contributed by atoms with van der Waals surface area (Å²) in [6, 6.07) is 0. The van der Waals surface area contributed by atoms with Crippen LogP contribution in [0.1, 0.15) is 0 Å². The highest BCUT2D eigenvalue weighted by atomic mass is 32.1. The molecule has 1 rings (SSSR count). The zero-order chi connectivity index (χ0) is 9.68. The first-order valence-electron chi connectivity index (χ1n) is 4.02. The Balaban J connectivity index is 2.37. The molecule has 0 saturated heterocycles. The quantitative estimate of drug-likeness (QED) is 0.520. The van der Waals surface area contributed by atoms with Crippen molar-refractivity contribution in [2.75, 3.05) is 19.0 Å². The van der Waals surface area contributed by atoms with E-state index in [0.29, 0.717) is 25.5 Å². The van der Waals surface area contributed by atoms with Gasteiger partial charge in [0.25, 0.3) is 0 Å². The SMILES string of the molecule is Cn1cnn(CCOCCS)c1=O. The molecule has 0 radical (unpaired) electrons. The Morgan fingerprint density at radius 3 is 2.92 bits per heavy atom. The zero-order valence-corrected chi connectivity index (χ0v) is 8.41. The second kappa shape index (κ2) is 5.08. The molecule has 0 amide bonds. The van der Waals surface area contributed by atoms with Crippen molar-refractivity contribution in [3.8, 4) is 0 Å². The lowest BCUT2D eigenvalue weighted by Gasteiger charge is -2.00. The van der Waals surface area contributed by atoms with Crippen molar-refractivity contribution >= 4 is 12.6 Å². The van der Waals surface area contributed by atoms with Gasteiger partial charge in [-0.1, -0.05) is 0 Å². The first kappa shape index (κ1) is 10.3. The average Bonchev–Trinajstić information content (AvgIpc) is 2.43. The number of aromatic nitrogens is 3. The fraction of sp³-hybridized carbons (Fsp3) is 0.714. The number of hydrogen-bond acceptors (Lipinski definition) is 4. The molecule has 0 spiro atoms. The number of thiol groups is 1. The van der Waals surface area contributed by atoms with Crippen molar-refractivity contribution in [1.82, 2.24) is 14.3 Å². The van der Waals surface area contributed by atoms with Crippen molar-refractivity contribution in [2.24, 2.45) is 7.05 Å². The summed E-state index contributed by atoms with van der Waals surface area (Å²) < 4.78 is 7.97. The Morgan fingerprint density at radius 1 is 1.62 bits per heavy atom. The van der Waals surface area contributed by atoms with Crippen LogP contribution in [0.3, 0.4) is 0 Å². The molecule has 74 valence electrons. The van der Waals surface area contributed by atoms with E-state index in [1.54, 1.807) is 7.05 Å². The van der Waals surface area contributed by atoms with E-state index in [9.17, 15) is 4.79 Å². The van der Waals surface area contributed by atoms with Gasteiger partial charge in [-0.2, -0.15) is 17.7 Å². The maximum Gasteiger partial charge on any atom is 0.345 e. The number of rotatable bonds is 5. The van der Waals surface area contributed by atoms with E-state index in [2.05, 4.69) is 17.7 Å². The van der Waals surface area contributed by atoms with Crippen molar-refractivity contribution in [3.05, 3.63) is 16.8 Å². The highest BCUT2D eigenvalue weighted by Gasteiger charge is 1.99. The van der Waals surface area contributed by atoms with Crippen molar-refractivity contribution in [1.29, 1.82) is 0 Å². The number of ether oxygens (including phenoxy) is 1. The Morgan fingerprint density at radius 2 is 2.38 bits per heavy atom. The Kier molecular flexibility index (Phi) is 4.04. The number of aryl methyl sites for hydroxylation is 1. The summed E-state index contributed by atoms with van der Waals surface area (Å²) in [4.78, 5) is 11.2. The zero-order valence-electron chi connectivity index (χ0n) is 7.51. The van der Waals surface area contributed by atoms with Gasteiger partial charge in [-0.25, -0.2) is 9.48 Å². The van der Waals surface area contributed by atoms with Gasteiger partial charge in [-0.05, 0) is 0 Å². The predicted molar refractivity (Wildman–Crippen MR) is 52.1 cm³/mol. The molecule has 13 heavy (non-hydrogen) atoms. The van der Waals surface area contributed by atoms with Crippen molar-refractivity contribution in [3.63, 3.8) is 0 Å². The summed E-state index contributed by atoms with van der Waals surface area (Å²) >= 11 is 3.99. The minimum Gasteiger partial charge on any atom is -0.379 e. The second-order valence-corrected chi connectivity index (χ2v) is 3.03. The maximum absolute atomic E-state index is 11.2. The van der Waals surface area contributed by atoms with E-state index in [-0.39, 0.29) is 5.69 Å². The van der Waals surface area contributed by atoms with E-state index in [1.807, 2.05) is 0 Å². The molecule has 0 aliphatic heterocycles. The lowest BCUT2D eigenvalue weighted by molar-refractivity contribution is 0.138. The van der Waals surface area contributed by atoms with Crippen LogP contribution in [0.15, 0.2) is 11.1 Å². The van der Waals surface area contributed by atoms with Crippen LogP contribution in [0.4, 0.5) is 0 Å².